The average Bonchev–Trinajstić information content (AvgIpc) is 2.48. The molecule has 0 saturated carbocycles. The van der Waals surface area contributed by atoms with E-state index in [1.807, 2.05) is 18.2 Å². The number of hydrogen-bond donors (Lipinski definition) is 1. The Morgan fingerprint density at radius 1 is 1.10 bits per heavy atom. The van der Waals surface area contributed by atoms with Crippen LogP contribution >= 0.6 is 47.4 Å². The van der Waals surface area contributed by atoms with Gasteiger partial charge in [-0.3, -0.25) is 0 Å². The number of nitrogens with zero attached hydrogens (tertiary/aromatic N) is 2. The van der Waals surface area contributed by atoms with Gasteiger partial charge in [0.05, 0.1) is 10.0 Å². The van der Waals surface area contributed by atoms with Crippen LogP contribution in [0.2, 0.25) is 10.0 Å². The van der Waals surface area contributed by atoms with Crippen molar-refractivity contribution in [1.82, 2.24) is 15.3 Å². The van der Waals surface area contributed by atoms with Crippen LogP contribution in [0.4, 0.5) is 0 Å². The van der Waals surface area contributed by atoms with Crippen LogP contribution in [-0.2, 0) is 6.54 Å². The van der Waals surface area contributed by atoms with E-state index in [4.69, 9.17) is 23.2 Å². The molecule has 0 saturated heterocycles. The summed E-state index contributed by atoms with van der Waals surface area (Å²) in [6.07, 6.45) is 4.56. The van der Waals surface area contributed by atoms with Crippen LogP contribution in [0, 0.1) is 0 Å². The van der Waals surface area contributed by atoms with Crippen LogP contribution in [-0.4, -0.2) is 22.3 Å². The van der Waals surface area contributed by atoms with Gasteiger partial charge in [-0.2, -0.15) is 0 Å². The molecular formula is C14H16Cl3N3S. The normalized spacial score (nSPS) is 10.2. The molecule has 1 aromatic heterocycles. The number of halogens is 3. The summed E-state index contributed by atoms with van der Waals surface area (Å²) in [6.45, 7) is 1.65. The second-order valence-corrected chi connectivity index (χ2v) is 5.97. The standard InChI is InChI=1S/C14H15Cl2N3S.ClH/c15-12-5-1-4-11(13(12)16)10-17-6-3-9-20-14-18-7-2-8-19-14;/h1-2,4-5,7-8,17H,3,6,9-10H2;1H. The molecule has 21 heavy (non-hydrogen) atoms. The Bertz CT molecular complexity index is 540. The third-order valence-electron chi connectivity index (χ3n) is 2.62. The quantitative estimate of drug-likeness (QED) is 0.446. The van der Waals surface area contributed by atoms with Crippen molar-refractivity contribution in [1.29, 1.82) is 0 Å². The third kappa shape index (κ3) is 6.41. The van der Waals surface area contributed by atoms with Gasteiger partial charge in [0.1, 0.15) is 0 Å². The maximum atomic E-state index is 6.12. The van der Waals surface area contributed by atoms with Gasteiger partial charge in [0.15, 0.2) is 5.16 Å². The van der Waals surface area contributed by atoms with Gasteiger partial charge in [-0.25, -0.2) is 9.97 Å². The van der Waals surface area contributed by atoms with Gasteiger partial charge in [-0.15, -0.1) is 12.4 Å². The fourth-order valence-corrected chi connectivity index (χ4v) is 2.76. The topological polar surface area (TPSA) is 37.8 Å². The highest BCUT2D eigenvalue weighted by Crippen LogP contribution is 2.25. The monoisotopic (exact) mass is 363 g/mol. The van der Waals surface area contributed by atoms with E-state index < -0.39 is 0 Å². The lowest BCUT2D eigenvalue weighted by Gasteiger charge is -2.07. The van der Waals surface area contributed by atoms with Crippen LogP contribution < -0.4 is 5.32 Å². The Hall–Kier alpha value is -0.520. The van der Waals surface area contributed by atoms with Crippen LogP contribution in [0.25, 0.3) is 0 Å². The molecule has 2 aromatic rings. The van der Waals surface area contributed by atoms with Gasteiger partial charge in [0, 0.05) is 24.7 Å². The Morgan fingerprint density at radius 3 is 2.62 bits per heavy atom. The summed E-state index contributed by atoms with van der Waals surface area (Å²) in [5, 5.41) is 5.42. The average molecular weight is 365 g/mol. The molecule has 0 atom stereocenters. The zero-order valence-electron chi connectivity index (χ0n) is 11.3. The Labute approximate surface area is 145 Å². The van der Waals surface area contributed by atoms with E-state index in [0.717, 1.165) is 36.0 Å². The minimum absolute atomic E-state index is 0. The predicted molar refractivity (Wildman–Crippen MR) is 92.8 cm³/mol. The first-order chi connectivity index (χ1) is 9.77. The fourth-order valence-electron chi connectivity index (χ4n) is 1.63. The first kappa shape index (κ1) is 18.5. The third-order valence-corrected chi connectivity index (χ3v) is 4.44. The molecule has 0 radical (unpaired) electrons. The summed E-state index contributed by atoms with van der Waals surface area (Å²) in [5.74, 6) is 0.986. The molecule has 0 bridgehead atoms. The van der Waals surface area contributed by atoms with Crippen LogP contribution in [0.5, 0.6) is 0 Å². The van der Waals surface area contributed by atoms with E-state index in [0.29, 0.717) is 10.0 Å². The largest absolute Gasteiger partial charge is 0.313 e. The fraction of sp³-hybridized carbons (Fsp3) is 0.286. The molecule has 0 unspecified atom stereocenters. The lowest BCUT2D eigenvalue weighted by Crippen LogP contribution is -2.15. The summed E-state index contributed by atoms with van der Waals surface area (Å²) >= 11 is 13.8. The van der Waals surface area contributed by atoms with Gasteiger partial charge >= 0.3 is 0 Å². The summed E-state index contributed by atoms with van der Waals surface area (Å²) in [4.78, 5) is 8.33. The number of aromatic nitrogens is 2. The molecule has 0 spiro atoms. The van der Waals surface area contributed by atoms with E-state index in [2.05, 4.69) is 15.3 Å². The van der Waals surface area contributed by atoms with E-state index in [1.165, 1.54) is 0 Å². The van der Waals surface area contributed by atoms with E-state index in [1.54, 1.807) is 30.2 Å². The van der Waals surface area contributed by atoms with Crippen molar-refractivity contribution < 1.29 is 0 Å². The highest BCUT2D eigenvalue weighted by molar-refractivity contribution is 7.99. The molecule has 0 aliphatic carbocycles. The molecule has 114 valence electrons. The van der Waals surface area contributed by atoms with E-state index in [-0.39, 0.29) is 12.4 Å². The van der Waals surface area contributed by atoms with Crippen molar-refractivity contribution in [3.8, 4) is 0 Å². The SMILES string of the molecule is Cl.Clc1cccc(CNCCCSc2ncccn2)c1Cl. The molecule has 0 aliphatic heterocycles. The van der Waals surface area contributed by atoms with Gasteiger partial charge in [0.25, 0.3) is 0 Å². The predicted octanol–water partition coefficient (Wildman–Crippen LogP) is 4.48. The van der Waals surface area contributed by atoms with Crippen molar-refractivity contribution in [2.45, 2.75) is 18.1 Å². The number of thioether (sulfide) groups is 1. The Balaban J connectivity index is 0.00000220. The summed E-state index contributed by atoms with van der Waals surface area (Å²) in [7, 11) is 0. The van der Waals surface area contributed by atoms with Gasteiger partial charge in [0.2, 0.25) is 0 Å². The second kappa shape index (κ2) is 10.2. The zero-order chi connectivity index (χ0) is 14.2. The minimum atomic E-state index is 0. The summed E-state index contributed by atoms with van der Waals surface area (Å²) in [6, 6.07) is 7.51. The molecule has 3 nitrogen and oxygen atoms in total. The second-order valence-electron chi connectivity index (χ2n) is 4.12. The lowest BCUT2D eigenvalue weighted by molar-refractivity contribution is 0.678. The van der Waals surface area contributed by atoms with Crippen molar-refractivity contribution in [3.63, 3.8) is 0 Å². The molecule has 0 amide bonds. The molecule has 0 aliphatic rings. The molecular weight excluding hydrogens is 349 g/mol. The van der Waals surface area contributed by atoms with Crippen LogP contribution in [0.15, 0.2) is 41.8 Å². The maximum Gasteiger partial charge on any atom is 0.187 e. The van der Waals surface area contributed by atoms with E-state index in [9.17, 15) is 0 Å². The molecule has 1 heterocycles. The first-order valence-corrected chi connectivity index (χ1v) is 8.05. The van der Waals surface area contributed by atoms with Gasteiger partial charge in [-0.1, -0.05) is 47.1 Å². The van der Waals surface area contributed by atoms with Crippen molar-refractivity contribution in [2.24, 2.45) is 0 Å². The van der Waals surface area contributed by atoms with Crippen LogP contribution in [0.1, 0.15) is 12.0 Å². The molecule has 0 fully saturated rings. The number of hydrogen-bond acceptors (Lipinski definition) is 4. The zero-order valence-corrected chi connectivity index (χ0v) is 14.4. The lowest BCUT2D eigenvalue weighted by atomic mass is 10.2. The van der Waals surface area contributed by atoms with Crippen molar-refractivity contribution in [3.05, 3.63) is 52.3 Å². The maximum absolute atomic E-state index is 6.12. The van der Waals surface area contributed by atoms with E-state index >= 15 is 0 Å². The van der Waals surface area contributed by atoms with Crippen molar-refractivity contribution >= 4 is 47.4 Å². The summed E-state index contributed by atoms with van der Waals surface area (Å²) < 4.78 is 0. The van der Waals surface area contributed by atoms with Gasteiger partial charge in [-0.05, 0) is 30.7 Å². The number of benzene rings is 1. The molecule has 2 rings (SSSR count). The van der Waals surface area contributed by atoms with Gasteiger partial charge < -0.3 is 5.32 Å². The highest BCUT2D eigenvalue weighted by atomic mass is 35.5. The number of nitrogens with one attached hydrogen (secondary N) is 1. The molecule has 7 heteroatoms. The summed E-state index contributed by atoms with van der Waals surface area (Å²) in [5.41, 5.74) is 1.03. The highest BCUT2D eigenvalue weighted by Gasteiger charge is 2.03. The van der Waals surface area contributed by atoms with Crippen LogP contribution in [0.3, 0.4) is 0 Å². The molecule has 1 N–H and O–H groups in total. The Kier molecular flexibility index (Phi) is 9.04. The smallest absolute Gasteiger partial charge is 0.187 e. The number of rotatable bonds is 7. The Morgan fingerprint density at radius 2 is 1.86 bits per heavy atom. The minimum Gasteiger partial charge on any atom is -0.313 e. The van der Waals surface area contributed by atoms with Crippen molar-refractivity contribution in [2.75, 3.05) is 12.3 Å². The molecule has 1 aromatic carbocycles. The first-order valence-electron chi connectivity index (χ1n) is 6.31.